The second-order valence-corrected chi connectivity index (χ2v) is 12.7. The summed E-state index contributed by atoms with van der Waals surface area (Å²) in [5, 5.41) is 10.4. The van der Waals surface area contributed by atoms with Gasteiger partial charge in [0.1, 0.15) is 23.7 Å². The Morgan fingerprint density at radius 2 is 1.89 bits per heavy atom. The van der Waals surface area contributed by atoms with Crippen LogP contribution in [0.15, 0.2) is 40.9 Å². The average Bonchev–Trinajstić information content (AvgIpc) is 3.58. The second kappa shape index (κ2) is 12.9. The minimum atomic E-state index is -2.78. The van der Waals surface area contributed by atoms with Gasteiger partial charge in [0.05, 0.1) is 6.04 Å². The Bertz CT molecular complexity index is 1630. The Morgan fingerprint density at radius 1 is 1.13 bits per heavy atom. The van der Waals surface area contributed by atoms with E-state index in [1.807, 2.05) is 24.3 Å². The molecular formula is C32H35BrF2N6O4. The maximum atomic E-state index is 14.5. The van der Waals surface area contributed by atoms with Gasteiger partial charge in [0, 0.05) is 61.2 Å². The van der Waals surface area contributed by atoms with Gasteiger partial charge in [-0.15, -0.1) is 5.10 Å². The number of fused-ring (bicyclic) bond motifs is 2. The zero-order valence-electron chi connectivity index (χ0n) is 25.1. The van der Waals surface area contributed by atoms with Crippen molar-refractivity contribution in [1.29, 1.82) is 0 Å². The lowest BCUT2D eigenvalue weighted by Gasteiger charge is -2.43. The third-order valence-corrected chi connectivity index (χ3v) is 10.1. The molecule has 2 aliphatic heterocycles. The number of aromatic nitrogens is 3. The number of ether oxygens (including phenoxy) is 1. The summed E-state index contributed by atoms with van der Waals surface area (Å²) in [6, 6.07) is 10.4. The molecule has 1 fully saturated rings. The largest absolute Gasteiger partial charge is 0.487 e. The smallest absolute Gasteiger partial charge is 0.282 e. The van der Waals surface area contributed by atoms with Crippen molar-refractivity contribution < 1.29 is 27.9 Å². The van der Waals surface area contributed by atoms with Crippen LogP contribution >= 0.6 is 15.9 Å². The Balaban J connectivity index is 1.38. The van der Waals surface area contributed by atoms with E-state index in [-0.39, 0.29) is 42.3 Å². The van der Waals surface area contributed by atoms with E-state index in [1.54, 1.807) is 29.0 Å². The minimum absolute atomic E-state index is 0.0188. The van der Waals surface area contributed by atoms with Crippen molar-refractivity contribution in [3.05, 3.63) is 74.5 Å². The molecule has 238 valence electrons. The maximum absolute atomic E-state index is 14.5. The third kappa shape index (κ3) is 5.82. The SMILES string of the molecule is CNC(=O)C1CCCCC1C(=O)N1CCc2c(Br)ccc(OCc3nnn(C)c3C(F)F)c2[C@H]1CN1Cc2ccccc2C1=O. The molecule has 1 N–H and O–H groups in total. The molecule has 45 heavy (non-hydrogen) atoms. The van der Waals surface area contributed by atoms with E-state index in [9.17, 15) is 23.2 Å². The van der Waals surface area contributed by atoms with E-state index in [2.05, 4.69) is 31.6 Å². The highest BCUT2D eigenvalue weighted by molar-refractivity contribution is 9.10. The van der Waals surface area contributed by atoms with Gasteiger partial charge in [-0.1, -0.05) is 52.2 Å². The molecule has 3 aliphatic rings. The zero-order valence-corrected chi connectivity index (χ0v) is 26.7. The Kier molecular flexibility index (Phi) is 8.89. The lowest BCUT2D eigenvalue weighted by Crippen LogP contribution is -2.50. The minimum Gasteiger partial charge on any atom is -0.487 e. The van der Waals surface area contributed by atoms with Crippen molar-refractivity contribution in [1.82, 2.24) is 30.1 Å². The normalized spacial score (nSPS) is 21.1. The summed E-state index contributed by atoms with van der Waals surface area (Å²) in [6.07, 6.45) is 0.692. The van der Waals surface area contributed by atoms with Crippen molar-refractivity contribution in [2.75, 3.05) is 20.1 Å². The first kappa shape index (κ1) is 31.1. The lowest BCUT2D eigenvalue weighted by atomic mass is 9.77. The molecule has 6 rings (SSSR count). The summed E-state index contributed by atoms with van der Waals surface area (Å²) in [4.78, 5) is 44.4. The van der Waals surface area contributed by atoms with Crippen LogP contribution in [0.25, 0.3) is 0 Å². The number of alkyl halides is 2. The van der Waals surface area contributed by atoms with Crippen molar-refractivity contribution in [2.24, 2.45) is 18.9 Å². The molecule has 2 aromatic carbocycles. The first-order chi connectivity index (χ1) is 21.7. The number of benzene rings is 2. The maximum Gasteiger partial charge on any atom is 0.282 e. The summed E-state index contributed by atoms with van der Waals surface area (Å²) in [6.45, 7) is 0.737. The highest BCUT2D eigenvalue weighted by Crippen LogP contribution is 2.44. The zero-order chi connectivity index (χ0) is 31.8. The van der Waals surface area contributed by atoms with Crippen molar-refractivity contribution in [2.45, 2.75) is 57.7 Å². The molecule has 3 aromatic rings. The number of carbonyl (C=O) groups is 3. The van der Waals surface area contributed by atoms with Gasteiger partial charge < -0.3 is 19.9 Å². The molecule has 1 aromatic heterocycles. The molecule has 10 nitrogen and oxygen atoms in total. The molecule has 13 heteroatoms. The van der Waals surface area contributed by atoms with Gasteiger partial charge in [0.15, 0.2) is 0 Å². The topological polar surface area (TPSA) is 110 Å². The second-order valence-electron chi connectivity index (χ2n) is 11.8. The van der Waals surface area contributed by atoms with Gasteiger partial charge in [0.2, 0.25) is 11.8 Å². The molecule has 2 unspecified atom stereocenters. The summed E-state index contributed by atoms with van der Waals surface area (Å²) in [5.41, 5.74) is 2.87. The molecule has 1 aliphatic carbocycles. The molecule has 0 radical (unpaired) electrons. The lowest BCUT2D eigenvalue weighted by molar-refractivity contribution is -0.146. The monoisotopic (exact) mass is 684 g/mol. The molecule has 3 amide bonds. The fourth-order valence-corrected chi connectivity index (χ4v) is 7.64. The van der Waals surface area contributed by atoms with Gasteiger partial charge in [-0.25, -0.2) is 13.5 Å². The summed E-state index contributed by atoms with van der Waals surface area (Å²) in [5.74, 6) is -0.889. The number of aryl methyl sites for hydroxylation is 1. The predicted octanol–water partition coefficient (Wildman–Crippen LogP) is 4.73. The fraction of sp³-hybridized carbons (Fsp3) is 0.469. The number of nitrogens with one attached hydrogen (secondary N) is 1. The van der Waals surface area contributed by atoms with Crippen LogP contribution in [0.1, 0.15) is 76.6 Å². The van der Waals surface area contributed by atoms with E-state index in [4.69, 9.17) is 4.74 Å². The Hall–Kier alpha value is -3.87. The van der Waals surface area contributed by atoms with Crippen molar-refractivity contribution >= 4 is 33.7 Å². The number of halogens is 3. The number of hydrogen-bond acceptors (Lipinski definition) is 6. The number of nitrogens with zero attached hydrogens (tertiary/aromatic N) is 5. The Labute approximate surface area is 268 Å². The van der Waals surface area contributed by atoms with Crippen molar-refractivity contribution in [3.8, 4) is 5.75 Å². The molecule has 0 spiro atoms. The van der Waals surface area contributed by atoms with Crippen LogP contribution in [0.2, 0.25) is 0 Å². The first-order valence-corrected chi connectivity index (χ1v) is 16.0. The molecule has 3 atom stereocenters. The third-order valence-electron chi connectivity index (χ3n) is 9.33. The fourth-order valence-electron chi connectivity index (χ4n) is 7.09. The average molecular weight is 686 g/mol. The van der Waals surface area contributed by atoms with Gasteiger partial charge >= 0.3 is 0 Å². The quantitative estimate of drug-likeness (QED) is 0.368. The van der Waals surface area contributed by atoms with E-state index in [0.717, 1.165) is 33.1 Å². The predicted molar refractivity (Wildman–Crippen MR) is 163 cm³/mol. The highest BCUT2D eigenvalue weighted by atomic mass is 79.9. The van der Waals surface area contributed by atoms with Crippen LogP contribution in [0.3, 0.4) is 0 Å². The number of rotatable bonds is 8. The van der Waals surface area contributed by atoms with E-state index in [0.29, 0.717) is 49.2 Å². The Morgan fingerprint density at radius 3 is 2.62 bits per heavy atom. The van der Waals surface area contributed by atoms with Crippen molar-refractivity contribution in [3.63, 3.8) is 0 Å². The number of carbonyl (C=O) groups excluding carboxylic acids is 3. The highest BCUT2D eigenvalue weighted by Gasteiger charge is 2.43. The van der Waals surface area contributed by atoms with Crippen LogP contribution in [-0.4, -0.2) is 62.7 Å². The molecule has 1 saturated carbocycles. The van der Waals surface area contributed by atoms with Gasteiger partial charge in [0.25, 0.3) is 12.3 Å². The number of amides is 3. The van der Waals surface area contributed by atoms with Crippen LogP contribution in [0.4, 0.5) is 8.78 Å². The summed E-state index contributed by atoms with van der Waals surface area (Å²) >= 11 is 3.68. The van der Waals surface area contributed by atoms with Crippen LogP contribution in [0.5, 0.6) is 5.75 Å². The molecule has 0 bridgehead atoms. The van der Waals surface area contributed by atoms with Crippen LogP contribution in [0, 0.1) is 11.8 Å². The van der Waals surface area contributed by atoms with E-state index < -0.39 is 24.3 Å². The van der Waals surface area contributed by atoms with Crippen LogP contribution < -0.4 is 10.1 Å². The molecular weight excluding hydrogens is 650 g/mol. The van der Waals surface area contributed by atoms with Gasteiger partial charge in [-0.3, -0.25) is 14.4 Å². The first-order valence-electron chi connectivity index (χ1n) is 15.2. The molecule has 0 saturated heterocycles. The van der Waals surface area contributed by atoms with Gasteiger partial charge in [-0.05, 0) is 48.6 Å². The van der Waals surface area contributed by atoms with E-state index in [1.165, 1.54) is 7.05 Å². The van der Waals surface area contributed by atoms with Gasteiger partial charge in [-0.2, -0.15) is 0 Å². The standard InChI is InChI=1S/C32H35BrF2N6O4/c1-36-30(42)20-9-5-6-10-21(20)32(44)41-14-13-22-23(33)11-12-26(45-17-24-28(29(34)35)39(2)38-37-24)27(22)25(41)16-40-15-18-7-3-4-8-19(18)31(40)43/h3-4,7-8,11-12,20-21,25,29H,5-6,9-10,13-17H2,1-2H3,(H,36,42)/t20?,21?,25-/m1/s1. The summed E-state index contributed by atoms with van der Waals surface area (Å²) in [7, 11) is 2.99. The van der Waals surface area contributed by atoms with E-state index >= 15 is 0 Å². The number of hydrogen-bond donors (Lipinski definition) is 1. The molecule has 3 heterocycles. The van der Waals surface area contributed by atoms with Crippen LogP contribution in [-0.2, 0) is 36.2 Å². The summed E-state index contributed by atoms with van der Waals surface area (Å²) < 4.78 is 35.6.